The fraction of sp³-hybridized carbons (Fsp3) is 0.217. The zero-order valence-electron chi connectivity index (χ0n) is 17.3. The Morgan fingerprint density at radius 2 is 0.966 bits per heavy atom. The van der Waals surface area contributed by atoms with Gasteiger partial charge in [-0.15, -0.1) is 0 Å². The fourth-order valence-electron chi connectivity index (χ4n) is 3.84. The molecule has 0 heterocycles. The zero-order valence-corrected chi connectivity index (χ0v) is 19.2. The molecule has 0 aliphatic heterocycles. The van der Waals surface area contributed by atoms with Crippen LogP contribution in [0.1, 0.15) is 23.6 Å². The van der Waals surface area contributed by atoms with E-state index in [2.05, 4.69) is 100 Å². The first-order chi connectivity index (χ1) is 13.6. The summed E-state index contributed by atoms with van der Waals surface area (Å²) in [5, 5.41) is 4.54. The molecule has 0 atom stereocenters. The smallest absolute Gasteiger partial charge is 0.303 e. The minimum absolute atomic E-state index is 1.17. The molecule has 29 heavy (non-hydrogen) atoms. The summed E-state index contributed by atoms with van der Waals surface area (Å²) >= 11 is 0. The maximum Gasteiger partial charge on any atom is 0.466 e. The van der Waals surface area contributed by atoms with Crippen LogP contribution in [-0.2, 0) is 4.57 Å². The van der Waals surface area contributed by atoms with Crippen molar-refractivity contribution in [1.82, 2.24) is 0 Å². The third-order valence-electron chi connectivity index (χ3n) is 5.06. The zero-order chi connectivity index (χ0) is 21.7. The molecule has 6 heteroatoms. The molecule has 0 aliphatic carbocycles. The van der Waals surface area contributed by atoms with Gasteiger partial charge in [-0.1, -0.05) is 0 Å². The molecule has 0 unspecified atom stereocenters. The number of hydrogen-bond acceptors (Lipinski definition) is 1. The Hall–Kier alpha value is -1.80. The molecule has 0 radical (unpaired) electrons. The van der Waals surface area contributed by atoms with E-state index in [4.69, 9.17) is 19.2 Å². The van der Waals surface area contributed by atoms with Crippen LogP contribution >= 0.6 is 15.1 Å². The van der Waals surface area contributed by atoms with Gasteiger partial charge in [-0.3, -0.25) is 0 Å². The van der Waals surface area contributed by atoms with Gasteiger partial charge in [0.05, 0.1) is 0 Å². The van der Waals surface area contributed by atoms with Crippen molar-refractivity contribution in [3.8, 4) is 0 Å². The van der Waals surface area contributed by atoms with Crippen molar-refractivity contribution in [2.75, 3.05) is 6.16 Å². The van der Waals surface area contributed by atoms with Gasteiger partial charge < -0.3 is 14.7 Å². The SMILES string of the molecule is CC[PH](c1cccc(C)c1)(c1cccc(C)c1)c1cccc(C)c1.O=P(O)(O)O. The van der Waals surface area contributed by atoms with E-state index in [0.717, 1.165) is 0 Å². The van der Waals surface area contributed by atoms with Crippen molar-refractivity contribution in [2.24, 2.45) is 0 Å². The normalized spacial score (nSPS) is 12.1. The molecule has 156 valence electrons. The van der Waals surface area contributed by atoms with E-state index < -0.39 is 15.1 Å². The molecule has 0 saturated heterocycles. The van der Waals surface area contributed by atoms with Gasteiger partial charge in [0.15, 0.2) is 0 Å². The summed E-state index contributed by atoms with van der Waals surface area (Å²) in [7, 11) is -6.63. The van der Waals surface area contributed by atoms with Crippen LogP contribution in [0.4, 0.5) is 0 Å². The number of aryl methyl sites for hydroxylation is 3. The van der Waals surface area contributed by atoms with Crippen molar-refractivity contribution in [1.29, 1.82) is 0 Å². The predicted molar refractivity (Wildman–Crippen MR) is 126 cm³/mol. The molecular formula is C23H30O4P2. The topological polar surface area (TPSA) is 77.8 Å². The van der Waals surface area contributed by atoms with Crippen molar-refractivity contribution in [2.45, 2.75) is 27.7 Å². The van der Waals surface area contributed by atoms with Crippen LogP contribution < -0.4 is 15.9 Å². The molecule has 3 aromatic rings. The van der Waals surface area contributed by atoms with Gasteiger partial charge in [-0.2, -0.15) is 0 Å². The van der Waals surface area contributed by atoms with E-state index in [-0.39, 0.29) is 0 Å². The van der Waals surface area contributed by atoms with Crippen LogP contribution in [0.2, 0.25) is 0 Å². The Labute approximate surface area is 173 Å². The van der Waals surface area contributed by atoms with Crippen molar-refractivity contribution >= 4 is 31.0 Å². The minimum Gasteiger partial charge on any atom is -0.303 e. The average molecular weight is 432 g/mol. The van der Waals surface area contributed by atoms with Crippen LogP contribution in [-0.4, -0.2) is 20.8 Å². The quantitative estimate of drug-likeness (QED) is 0.549. The molecule has 0 fully saturated rings. The van der Waals surface area contributed by atoms with Crippen LogP contribution in [0.3, 0.4) is 0 Å². The van der Waals surface area contributed by atoms with Crippen molar-refractivity contribution in [3.05, 3.63) is 89.5 Å². The second-order valence-electron chi connectivity index (χ2n) is 7.38. The Bertz CT molecular complexity index is 892. The van der Waals surface area contributed by atoms with Gasteiger partial charge in [0.25, 0.3) is 0 Å². The first-order valence-corrected chi connectivity index (χ1v) is 13.3. The largest absolute Gasteiger partial charge is 0.466 e. The summed E-state index contributed by atoms with van der Waals surface area (Å²) in [6.07, 6.45) is 1.17. The molecule has 0 bridgehead atoms. The second-order valence-corrected chi connectivity index (χ2v) is 12.7. The van der Waals surface area contributed by atoms with Crippen molar-refractivity contribution in [3.63, 3.8) is 0 Å². The van der Waals surface area contributed by atoms with Crippen molar-refractivity contribution < 1.29 is 19.2 Å². The molecule has 0 aliphatic rings. The minimum atomic E-state index is -4.64. The fourth-order valence-corrected chi connectivity index (χ4v) is 8.63. The molecule has 3 N–H and O–H groups in total. The Morgan fingerprint density at radius 3 is 1.17 bits per heavy atom. The Kier molecular flexibility index (Phi) is 7.94. The summed E-state index contributed by atoms with van der Waals surface area (Å²) in [5.41, 5.74) is 4.04. The van der Waals surface area contributed by atoms with Gasteiger partial charge in [0.2, 0.25) is 0 Å². The van der Waals surface area contributed by atoms with Crippen LogP contribution in [0.15, 0.2) is 72.8 Å². The van der Waals surface area contributed by atoms with Crippen LogP contribution in [0.25, 0.3) is 0 Å². The molecule has 3 aromatic carbocycles. The molecule has 0 amide bonds. The monoisotopic (exact) mass is 432 g/mol. The van der Waals surface area contributed by atoms with Gasteiger partial charge in [0.1, 0.15) is 0 Å². The first-order valence-electron chi connectivity index (χ1n) is 9.56. The van der Waals surface area contributed by atoms with E-state index in [0.29, 0.717) is 0 Å². The number of rotatable bonds is 4. The molecule has 0 spiro atoms. The summed E-state index contributed by atoms with van der Waals surface area (Å²) in [4.78, 5) is 21.6. The average Bonchev–Trinajstić information content (AvgIpc) is 2.62. The molecule has 4 nitrogen and oxygen atoms in total. The second kappa shape index (κ2) is 9.80. The maximum absolute atomic E-state index is 8.88. The third kappa shape index (κ3) is 6.34. The third-order valence-corrected chi connectivity index (χ3v) is 10.0. The summed E-state index contributed by atoms with van der Waals surface area (Å²) in [6.45, 7) is 8.96. The van der Waals surface area contributed by atoms with Gasteiger partial charge in [-0.25, -0.2) is 4.57 Å². The molecule has 3 rings (SSSR count). The van der Waals surface area contributed by atoms with E-state index in [1.165, 1.54) is 38.8 Å². The molecule has 0 aromatic heterocycles. The summed E-state index contributed by atoms with van der Waals surface area (Å²) < 4.78 is 8.88. The standard InChI is InChI=1S/C23H27P.H3O4P/c1-5-24(21-12-6-9-18(2)15-21,22-13-7-10-19(3)16-22)23-14-8-11-20(4)17-23;1-5(2,3)4/h6-17,24H,5H2,1-4H3;(H3,1,2,3,4). The number of phosphoric acid groups is 1. The van der Waals surface area contributed by atoms with Gasteiger partial charge in [-0.05, 0) is 0 Å². The first kappa shape index (κ1) is 23.5. The summed E-state index contributed by atoms with van der Waals surface area (Å²) in [6, 6.07) is 27.5. The van der Waals surface area contributed by atoms with E-state index in [1.54, 1.807) is 0 Å². The number of hydrogen-bond donors (Lipinski definition) is 3. The van der Waals surface area contributed by atoms with E-state index in [9.17, 15) is 0 Å². The number of benzene rings is 3. The predicted octanol–water partition coefficient (Wildman–Crippen LogP) is 3.73. The molecule has 0 saturated carbocycles. The van der Waals surface area contributed by atoms with E-state index >= 15 is 0 Å². The van der Waals surface area contributed by atoms with E-state index in [1.807, 2.05) is 0 Å². The van der Waals surface area contributed by atoms with Gasteiger partial charge >= 0.3 is 154 Å². The van der Waals surface area contributed by atoms with Gasteiger partial charge in [0, 0.05) is 0 Å². The summed E-state index contributed by atoms with van der Waals surface area (Å²) in [5.74, 6) is 0. The Balaban J connectivity index is 0.000000537. The molecular weight excluding hydrogens is 402 g/mol. The van der Waals surface area contributed by atoms with Crippen LogP contribution in [0.5, 0.6) is 0 Å². The van der Waals surface area contributed by atoms with Crippen LogP contribution in [0, 0.1) is 20.8 Å². The Morgan fingerprint density at radius 1 is 0.690 bits per heavy atom. The maximum atomic E-state index is 8.88.